The molecule has 0 fully saturated rings. The van der Waals surface area contributed by atoms with Crippen LogP contribution in [0.3, 0.4) is 0 Å². The molecule has 0 spiro atoms. The van der Waals surface area contributed by atoms with Gasteiger partial charge in [0.05, 0.1) is 0 Å². The summed E-state index contributed by atoms with van der Waals surface area (Å²) in [6, 6.07) is 0. The van der Waals surface area contributed by atoms with Crippen LogP contribution in [0.4, 0.5) is 0 Å². The van der Waals surface area contributed by atoms with Crippen molar-refractivity contribution in [1.29, 1.82) is 0 Å². The summed E-state index contributed by atoms with van der Waals surface area (Å²) in [7, 11) is 0. The first-order valence-corrected chi connectivity index (χ1v) is 3.69. The number of carboxylic acids is 1. The fourth-order valence-corrected chi connectivity index (χ4v) is 0.836. The number of rotatable bonds is 1. The Kier molecular flexibility index (Phi) is 2.13. The van der Waals surface area contributed by atoms with Gasteiger partial charge in [0.2, 0.25) is 0 Å². The monoisotopic (exact) mass is 165 g/mol. The van der Waals surface area contributed by atoms with Crippen LogP contribution in [0.1, 0.15) is 13.8 Å². The first-order chi connectivity index (χ1) is 5.51. The average Bonchev–Trinajstić information content (AvgIpc) is 2.10. The lowest BCUT2D eigenvalue weighted by molar-refractivity contribution is -0.132. The highest BCUT2D eigenvalue weighted by atomic mass is 16.4. The Labute approximate surface area is 71.1 Å². The summed E-state index contributed by atoms with van der Waals surface area (Å²) in [5, 5.41) is 8.62. The second-order valence-corrected chi connectivity index (χ2v) is 3.30. The molecular formula is C9H11NO2. The molecule has 3 heteroatoms. The predicted octanol–water partition coefficient (Wildman–Crippen LogP) is 1.62. The minimum atomic E-state index is -0.992. The van der Waals surface area contributed by atoms with E-state index in [1.54, 1.807) is 12.3 Å². The molecule has 1 aliphatic heterocycles. The first kappa shape index (κ1) is 8.71. The molecule has 1 rings (SSSR count). The Morgan fingerprint density at radius 2 is 2.25 bits per heavy atom. The molecule has 1 N–H and O–H groups in total. The fourth-order valence-electron chi connectivity index (χ4n) is 0.836. The first-order valence-electron chi connectivity index (χ1n) is 3.69. The molecule has 0 aromatic heterocycles. The van der Waals surface area contributed by atoms with E-state index in [1.165, 1.54) is 6.08 Å². The predicted molar refractivity (Wildman–Crippen MR) is 47.1 cm³/mol. The standard InChI is InChI=1S/C9H11NO2/c1-9(2)5-3-4-7(8(11)12)10-6-9/h3-6H,1-2H3,(H,11,12). The number of aliphatic imine (C=N–C) groups is 1. The van der Waals surface area contributed by atoms with Gasteiger partial charge in [-0.25, -0.2) is 4.79 Å². The van der Waals surface area contributed by atoms with Gasteiger partial charge in [0.25, 0.3) is 0 Å². The van der Waals surface area contributed by atoms with E-state index < -0.39 is 5.97 Å². The third kappa shape index (κ3) is 2.05. The number of allylic oxidation sites excluding steroid dienone is 3. The smallest absolute Gasteiger partial charge is 0.354 e. The zero-order valence-corrected chi connectivity index (χ0v) is 7.11. The maximum Gasteiger partial charge on any atom is 0.354 e. The molecule has 0 saturated carbocycles. The van der Waals surface area contributed by atoms with Gasteiger partial charge in [-0.2, -0.15) is 0 Å². The van der Waals surface area contributed by atoms with Crippen molar-refractivity contribution in [2.75, 3.05) is 0 Å². The highest BCUT2D eigenvalue weighted by Crippen LogP contribution is 2.17. The van der Waals surface area contributed by atoms with Gasteiger partial charge in [0.15, 0.2) is 0 Å². The van der Waals surface area contributed by atoms with Crippen LogP contribution in [0.15, 0.2) is 28.9 Å². The second kappa shape index (κ2) is 2.93. The molecule has 0 bridgehead atoms. The molecule has 0 saturated heterocycles. The maximum absolute atomic E-state index is 10.5. The third-order valence-corrected chi connectivity index (χ3v) is 1.54. The molecule has 3 nitrogen and oxygen atoms in total. The number of hydrogen-bond donors (Lipinski definition) is 1. The van der Waals surface area contributed by atoms with Gasteiger partial charge in [-0.15, -0.1) is 0 Å². The van der Waals surface area contributed by atoms with Crippen molar-refractivity contribution in [3.63, 3.8) is 0 Å². The van der Waals surface area contributed by atoms with Gasteiger partial charge in [-0.1, -0.05) is 26.0 Å². The molecule has 1 aliphatic rings. The molecule has 0 atom stereocenters. The van der Waals surface area contributed by atoms with E-state index in [9.17, 15) is 4.79 Å². The van der Waals surface area contributed by atoms with E-state index in [1.807, 2.05) is 19.9 Å². The molecule has 12 heavy (non-hydrogen) atoms. The van der Waals surface area contributed by atoms with E-state index in [-0.39, 0.29) is 11.1 Å². The molecule has 0 amide bonds. The highest BCUT2D eigenvalue weighted by Gasteiger charge is 2.13. The van der Waals surface area contributed by atoms with Crippen LogP contribution in [-0.4, -0.2) is 17.3 Å². The minimum absolute atomic E-state index is 0.0804. The SMILES string of the molecule is CC1(C)C=CC=C(C(=O)O)N=C1. The van der Waals surface area contributed by atoms with Gasteiger partial charge in [0, 0.05) is 11.6 Å². The van der Waals surface area contributed by atoms with Crippen molar-refractivity contribution in [2.45, 2.75) is 13.8 Å². The minimum Gasteiger partial charge on any atom is -0.477 e. The van der Waals surface area contributed by atoms with Gasteiger partial charge in [-0.3, -0.25) is 4.99 Å². The molecule has 0 aromatic rings. The number of nitrogens with zero attached hydrogens (tertiary/aromatic N) is 1. The molecule has 0 radical (unpaired) electrons. The number of aliphatic carboxylic acids is 1. The number of carbonyl (C=O) groups is 1. The summed E-state index contributed by atoms with van der Waals surface area (Å²) in [5.74, 6) is -0.992. The van der Waals surface area contributed by atoms with Gasteiger partial charge in [0.1, 0.15) is 5.70 Å². The second-order valence-electron chi connectivity index (χ2n) is 3.30. The number of hydrogen-bond acceptors (Lipinski definition) is 2. The molecule has 0 aromatic carbocycles. The summed E-state index contributed by atoms with van der Waals surface area (Å²) in [5.41, 5.74) is -0.0786. The lowest BCUT2D eigenvalue weighted by Crippen LogP contribution is -2.08. The molecular weight excluding hydrogens is 154 g/mol. The van der Waals surface area contributed by atoms with Crippen LogP contribution in [0.2, 0.25) is 0 Å². The van der Waals surface area contributed by atoms with Crippen molar-refractivity contribution < 1.29 is 9.90 Å². The zero-order chi connectivity index (χ0) is 9.19. The molecule has 64 valence electrons. The van der Waals surface area contributed by atoms with Crippen molar-refractivity contribution in [1.82, 2.24) is 0 Å². The van der Waals surface area contributed by atoms with Gasteiger partial charge in [-0.05, 0) is 6.08 Å². The van der Waals surface area contributed by atoms with E-state index >= 15 is 0 Å². The molecule has 0 unspecified atom stereocenters. The van der Waals surface area contributed by atoms with Crippen molar-refractivity contribution in [2.24, 2.45) is 10.4 Å². The number of carboxylic acid groups (broad SMARTS) is 1. The topological polar surface area (TPSA) is 49.7 Å². The van der Waals surface area contributed by atoms with Crippen LogP contribution in [0.5, 0.6) is 0 Å². The maximum atomic E-state index is 10.5. The quantitative estimate of drug-likeness (QED) is 0.641. The summed E-state index contributed by atoms with van der Waals surface area (Å²) in [6.45, 7) is 3.93. The molecule has 0 aliphatic carbocycles. The summed E-state index contributed by atoms with van der Waals surface area (Å²) in [6.07, 6.45) is 6.76. The van der Waals surface area contributed by atoms with Crippen LogP contribution in [0.25, 0.3) is 0 Å². The van der Waals surface area contributed by atoms with Crippen molar-refractivity contribution in [3.8, 4) is 0 Å². The summed E-state index contributed by atoms with van der Waals surface area (Å²) in [4.78, 5) is 14.4. The van der Waals surface area contributed by atoms with Crippen LogP contribution in [0, 0.1) is 5.41 Å². The summed E-state index contributed by atoms with van der Waals surface area (Å²) < 4.78 is 0. The van der Waals surface area contributed by atoms with Crippen LogP contribution in [-0.2, 0) is 4.79 Å². The van der Waals surface area contributed by atoms with Crippen LogP contribution >= 0.6 is 0 Å². The fraction of sp³-hybridized carbons (Fsp3) is 0.333. The van der Waals surface area contributed by atoms with Crippen molar-refractivity contribution >= 4 is 12.2 Å². The lowest BCUT2D eigenvalue weighted by Gasteiger charge is -2.10. The zero-order valence-electron chi connectivity index (χ0n) is 7.11. The van der Waals surface area contributed by atoms with Crippen molar-refractivity contribution in [3.05, 3.63) is 23.9 Å². The summed E-state index contributed by atoms with van der Waals surface area (Å²) >= 11 is 0. The highest BCUT2D eigenvalue weighted by molar-refractivity contribution is 5.89. The van der Waals surface area contributed by atoms with E-state index in [2.05, 4.69) is 4.99 Å². The average molecular weight is 165 g/mol. The van der Waals surface area contributed by atoms with Crippen LogP contribution < -0.4 is 0 Å². The normalized spacial score (nSPS) is 20.0. The molecule has 1 heterocycles. The third-order valence-electron chi connectivity index (χ3n) is 1.54. The van der Waals surface area contributed by atoms with E-state index in [4.69, 9.17) is 5.11 Å². The Balaban J connectivity index is 2.94. The van der Waals surface area contributed by atoms with E-state index in [0.29, 0.717) is 0 Å². The Bertz CT molecular complexity index is 285. The van der Waals surface area contributed by atoms with Gasteiger partial charge < -0.3 is 5.11 Å². The van der Waals surface area contributed by atoms with E-state index in [0.717, 1.165) is 0 Å². The Morgan fingerprint density at radius 3 is 2.83 bits per heavy atom. The Hall–Kier alpha value is -1.38. The lowest BCUT2D eigenvalue weighted by atomic mass is 9.95. The Morgan fingerprint density at radius 1 is 1.58 bits per heavy atom. The largest absolute Gasteiger partial charge is 0.477 e. The van der Waals surface area contributed by atoms with Gasteiger partial charge >= 0.3 is 5.97 Å².